The van der Waals surface area contributed by atoms with E-state index < -0.39 is 22.1 Å². The van der Waals surface area contributed by atoms with E-state index in [1.165, 1.54) is 28.8 Å². The van der Waals surface area contributed by atoms with Crippen LogP contribution >= 0.6 is 24.0 Å². The molecule has 1 aliphatic rings. The van der Waals surface area contributed by atoms with Crippen molar-refractivity contribution in [2.45, 2.75) is 19.2 Å². The van der Waals surface area contributed by atoms with Gasteiger partial charge in [0, 0.05) is 19.6 Å². The van der Waals surface area contributed by atoms with E-state index in [0.29, 0.717) is 32.5 Å². The van der Waals surface area contributed by atoms with E-state index in [1.807, 2.05) is 0 Å². The first-order chi connectivity index (χ1) is 12.0. The summed E-state index contributed by atoms with van der Waals surface area (Å²) in [5.41, 5.74) is 5.80. The largest absolute Gasteiger partial charge is 0.573 e. The first-order valence-electron chi connectivity index (χ1n) is 7.91. The highest BCUT2D eigenvalue weighted by molar-refractivity contribution is 14.0. The number of ether oxygens (including phenoxy) is 1. The lowest BCUT2D eigenvalue weighted by atomic mass is 9.98. The van der Waals surface area contributed by atoms with Gasteiger partial charge >= 0.3 is 6.36 Å². The van der Waals surface area contributed by atoms with Gasteiger partial charge in [-0.05, 0) is 30.9 Å². The quantitative estimate of drug-likeness (QED) is 0.352. The van der Waals surface area contributed by atoms with E-state index in [0.717, 1.165) is 0 Å². The van der Waals surface area contributed by atoms with Gasteiger partial charge in [0.05, 0.1) is 11.9 Å². The maximum atomic E-state index is 12.4. The summed E-state index contributed by atoms with van der Waals surface area (Å²) in [7, 11) is -3.19. The molecule has 0 aliphatic carbocycles. The zero-order valence-corrected chi connectivity index (χ0v) is 17.7. The van der Waals surface area contributed by atoms with E-state index in [9.17, 15) is 21.6 Å². The second kappa shape index (κ2) is 9.78. The fourth-order valence-electron chi connectivity index (χ4n) is 2.61. The Morgan fingerprint density at radius 1 is 1.33 bits per heavy atom. The number of hydrogen-bond acceptors (Lipinski definition) is 4. The Balaban J connectivity index is 0.00000364. The first-order valence-corrected chi connectivity index (χ1v) is 9.76. The molecule has 1 aromatic carbocycles. The normalized spacial score (nSPS) is 17.3. The van der Waals surface area contributed by atoms with Gasteiger partial charge in [0.15, 0.2) is 11.7 Å². The molecule has 0 aromatic heterocycles. The van der Waals surface area contributed by atoms with E-state index in [1.54, 1.807) is 6.07 Å². The van der Waals surface area contributed by atoms with Crippen molar-refractivity contribution in [1.29, 1.82) is 0 Å². The summed E-state index contributed by atoms with van der Waals surface area (Å²) in [4.78, 5) is 4.15. The van der Waals surface area contributed by atoms with Gasteiger partial charge in [-0.3, -0.25) is 4.99 Å². The first kappa shape index (κ1) is 23.8. The summed E-state index contributed by atoms with van der Waals surface area (Å²) in [5.74, 6) is -0.275. The molecule has 2 rings (SSSR count). The van der Waals surface area contributed by atoms with Crippen LogP contribution in [-0.2, 0) is 10.0 Å². The van der Waals surface area contributed by atoms with Crippen molar-refractivity contribution in [3.63, 3.8) is 0 Å². The van der Waals surface area contributed by atoms with E-state index in [-0.39, 0.29) is 41.5 Å². The molecule has 0 saturated carbocycles. The highest BCUT2D eigenvalue weighted by Crippen LogP contribution is 2.29. The van der Waals surface area contributed by atoms with Crippen LogP contribution < -0.4 is 15.8 Å². The highest BCUT2D eigenvalue weighted by Gasteiger charge is 2.32. The SMILES string of the molecule is CS(=O)(=O)N1CCC(CN=C(N)Nc2ccccc2OC(F)(F)F)CC1.I. The van der Waals surface area contributed by atoms with Gasteiger partial charge in [0.2, 0.25) is 10.0 Å². The number of nitrogens with two attached hydrogens (primary N) is 1. The predicted octanol–water partition coefficient (Wildman–Crippen LogP) is 2.60. The molecule has 1 aliphatic heterocycles. The molecule has 0 amide bonds. The number of piperidine rings is 1. The Bertz CT molecular complexity index is 751. The molecule has 0 unspecified atom stereocenters. The molecule has 0 bridgehead atoms. The second-order valence-electron chi connectivity index (χ2n) is 6.00. The van der Waals surface area contributed by atoms with Crippen LogP contribution in [0, 0.1) is 5.92 Å². The van der Waals surface area contributed by atoms with Gasteiger partial charge in [-0.25, -0.2) is 12.7 Å². The summed E-state index contributed by atoms with van der Waals surface area (Å²) >= 11 is 0. The Morgan fingerprint density at radius 2 is 1.93 bits per heavy atom. The van der Waals surface area contributed by atoms with Crippen LogP contribution in [0.3, 0.4) is 0 Å². The number of anilines is 1. The number of nitrogens with zero attached hydrogens (tertiary/aromatic N) is 2. The van der Waals surface area contributed by atoms with Crippen LogP contribution in [0.4, 0.5) is 18.9 Å². The third kappa shape index (κ3) is 8.09. The molecule has 27 heavy (non-hydrogen) atoms. The molecular weight excluding hydrogens is 500 g/mol. The molecule has 154 valence electrons. The number of alkyl halides is 3. The molecule has 1 fully saturated rings. The van der Waals surface area contributed by atoms with Gasteiger partial charge < -0.3 is 15.8 Å². The summed E-state index contributed by atoms with van der Waals surface area (Å²) in [6.07, 6.45) is -2.33. The number of nitrogens with one attached hydrogen (secondary N) is 1. The molecule has 3 N–H and O–H groups in total. The van der Waals surface area contributed by atoms with Crippen molar-refractivity contribution in [3.8, 4) is 5.75 Å². The monoisotopic (exact) mass is 522 g/mol. The number of benzene rings is 1. The van der Waals surface area contributed by atoms with Crippen LogP contribution in [0.2, 0.25) is 0 Å². The molecule has 12 heteroatoms. The zero-order chi connectivity index (χ0) is 19.4. The Hall–Kier alpha value is -1.28. The third-order valence-corrected chi connectivity index (χ3v) is 5.24. The lowest BCUT2D eigenvalue weighted by Crippen LogP contribution is -2.38. The van der Waals surface area contributed by atoms with Gasteiger partial charge in [-0.2, -0.15) is 0 Å². The van der Waals surface area contributed by atoms with Crippen molar-refractivity contribution in [2.75, 3.05) is 31.2 Å². The predicted molar refractivity (Wildman–Crippen MR) is 108 cm³/mol. The van der Waals surface area contributed by atoms with Gasteiger partial charge in [0.25, 0.3) is 0 Å². The average Bonchev–Trinajstić information content (AvgIpc) is 2.53. The van der Waals surface area contributed by atoms with Gasteiger partial charge in [-0.15, -0.1) is 37.1 Å². The second-order valence-corrected chi connectivity index (χ2v) is 7.98. The molecule has 0 radical (unpaired) electrons. The summed E-state index contributed by atoms with van der Waals surface area (Å²) in [6.45, 7) is 1.21. The minimum absolute atomic E-state index is 0. The van der Waals surface area contributed by atoms with Crippen molar-refractivity contribution in [3.05, 3.63) is 24.3 Å². The standard InChI is InChI=1S/C15H21F3N4O3S.HI/c1-26(23,24)22-8-6-11(7-9-22)10-20-14(19)21-12-4-2-3-5-13(12)25-15(16,17)18;/h2-5,11H,6-10H2,1H3,(H3,19,20,21);1H. The van der Waals surface area contributed by atoms with Crippen LogP contribution in [0.1, 0.15) is 12.8 Å². The summed E-state index contributed by atoms with van der Waals surface area (Å²) in [6, 6.07) is 5.52. The minimum atomic E-state index is -4.81. The van der Waals surface area contributed by atoms with Gasteiger partial charge in [-0.1, -0.05) is 12.1 Å². The van der Waals surface area contributed by atoms with E-state index in [4.69, 9.17) is 5.73 Å². The number of hydrogen-bond donors (Lipinski definition) is 2. The molecule has 7 nitrogen and oxygen atoms in total. The fraction of sp³-hybridized carbons (Fsp3) is 0.533. The Kier molecular flexibility index (Phi) is 8.60. The molecule has 1 heterocycles. The average molecular weight is 522 g/mol. The summed E-state index contributed by atoms with van der Waals surface area (Å²) in [5, 5.41) is 2.60. The molecular formula is C15H22F3IN4O3S. The maximum Gasteiger partial charge on any atom is 0.573 e. The number of para-hydroxylation sites is 2. The highest BCUT2D eigenvalue weighted by atomic mass is 127. The number of rotatable bonds is 5. The lowest BCUT2D eigenvalue weighted by molar-refractivity contribution is -0.274. The maximum absolute atomic E-state index is 12.4. The Labute approximate surface area is 173 Å². The van der Waals surface area contributed by atoms with Gasteiger partial charge in [0.1, 0.15) is 0 Å². The Morgan fingerprint density at radius 3 is 2.48 bits per heavy atom. The minimum Gasteiger partial charge on any atom is -0.404 e. The van der Waals surface area contributed by atoms with Crippen LogP contribution in [0.15, 0.2) is 29.3 Å². The van der Waals surface area contributed by atoms with Crippen molar-refractivity contribution in [1.82, 2.24) is 4.31 Å². The molecule has 1 aromatic rings. The topological polar surface area (TPSA) is 97.0 Å². The number of guanidine groups is 1. The molecule has 0 spiro atoms. The van der Waals surface area contributed by atoms with Crippen molar-refractivity contribution < 1.29 is 26.3 Å². The van der Waals surface area contributed by atoms with E-state index in [2.05, 4.69) is 15.0 Å². The van der Waals surface area contributed by atoms with Crippen molar-refractivity contribution in [2.24, 2.45) is 16.6 Å². The number of sulfonamides is 1. The fourth-order valence-corrected chi connectivity index (χ4v) is 3.49. The third-order valence-electron chi connectivity index (χ3n) is 3.94. The zero-order valence-electron chi connectivity index (χ0n) is 14.6. The van der Waals surface area contributed by atoms with E-state index >= 15 is 0 Å². The number of halogens is 4. The lowest BCUT2D eigenvalue weighted by Gasteiger charge is -2.29. The molecule has 1 saturated heterocycles. The number of aliphatic imine (C=N–C) groups is 1. The van der Waals surface area contributed by atoms with Crippen molar-refractivity contribution >= 4 is 45.6 Å². The smallest absolute Gasteiger partial charge is 0.404 e. The molecule has 0 atom stereocenters. The van der Waals surface area contributed by atoms with Crippen LogP contribution in [0.5, 0.6) is 5.75 Å². The summed E-state index contributed by atoms with van der Waals surface area (Å²) < 4.78 is 65.5. The van der Waals surface area contributed by atoms with Crippen LogP contribution in [0.25, 0.3) is 0 Å². The van der Waals surface area contributed by atoms with Crippen LogP contribution in [-0.4, -0.2) is 50.9 Å².